The Morgan fingerprint density at radius 2 is 1.85 bits per heavy atom. The number of carbonyl (C=O) groups is 1. The molecule has 0 radical (unpaired) electrons. The van der Waals surface area contributed by atoms with Crippen LogP contribution in [0.25, 0.3) is 10.9 Å². The normalized spacial score (nSPS) is 10.9. The maximum absolute atomic E-state index is 12.5. The fourth-order valence-electron chi connectivity index (χ4n) is 2.19. The lowest BCUT2D eigenvalue weighted by molar-refractivity contribution is 0.104. The Hall–Kier alpha value is -1.97. The van der Waals surface area contributed by atoms with Gasteiger partial charge in [-0.1, -0.05) is 29.3 Å². The van der Waals surface area contributed by atoms with Crippen LogP contribution in [0.3, 0.4) is 0 Å². The van der Waals surface area contributed by atoms with Gasteiger partial charge in [-0.05, 0) is 30.3 Å². The first-order valence-corrected chi connectivity index (χ1v) is 6.67. The lowest BCUT2D eigenvalue weighted by atomic mass is 10.0. The quantitative estimate of drug-likeness (QED) is 0.548. The number of hydrogen-bond acceptors (Lipinski definition) is 2. The predicted octanol–water partition coefficient (Wildman–Crippen LogP) is 4.29. The first-order chi connectivity index (χ1) is 9.54. The number of nitrogens with two attached hydrogens (primary N) is 1. The van der Waals surface area contributed by atoms with Crippen LogP contribution in [0.2, 0.25) is 10.0 Å². The van der Waals surface area contributed by atoms with E-state index in [9.17, 15) is 4.79 Å². The van der Waals surface area contributed by atoms with Crippen molar-refractivity contribution in [3.63, 3.8) is 0 Å². The van der Waals surface area contributed by atoms with Gasteiger partial charge in [0.05, 0.1) is 0 Å². The number of hydrogen-bond donors (Lipinski definition) is 2. The molecule has 3 rings (SSSR count). The van der Waals surface area contributed by atoms with Crippen molar-refractivity contribution < 1.29 is 4.79 Å². The van der Waals surface area contributed by atoms with Crippen molar-refractivity contribution >= 4 is 45.6 Å². The molecule has 1 heterocycles. The average Bonchev–Trinajstić information content (AvgIpc) is 2.79. The monoisotopic (exact) mass is 304 g/mol. The minimum absolute atomic E-state index is 0.132. The number of anilines is 1. The highest BCUT2D eigenvalue weighted by Crippen LogP contribution is 2.26. The van der Waals surface area contributed by atoms with Gasteiger partial charge in [-0.3, -0.25) is 4.79 Å². The number of ketones is 1. The van der Waals surface area contributed by atoms with E-state index in [0.717, 1.165) is 10.9 Å². The lowest BCUT2D eigenvalue weighted by Crippen LogP contribution is -2.01. The summed E-state index contributed by atoms with van der Waals surface area (Å²) in [6.45, 7) is 0. The molecule has 20 heavy (non-hydrogen) atoms. The predicted molar refractivity (Wildman–Crippen MR) is 82.6 cm³/mol. The number of fused-ring (bicyclic) bond motifs is 1. The van der Waals surface area contributed by atoms with Crippen molar-refractivity contribution in [3.05, 3.63) is 63.8 Å². The van der Waals surface area contributed by atoms with Crippen molar-refractivity contribution in [1.29, 1.82) is 0 Å². The molecule has 100 valence electrons. The summed E-state index contributed by atoms with van der Waals surface area (Å²) in [6.07, 6.45) is 1.67. The van der Waals surface area contributed by atoms with Crippen molar-refractivity contribution in [2.24, 2.45) is 0 Å². The van der Waals surface area contributed by atoms with Gasteiger partial charge >= 0.3 is 0 Å². The van der Waals surface area contributed by atoms with E-state index in [4.69, 9.17) is 28.9 Å². The molecule has 0 fully saturated rings. The summed E-state index contributed by atoms with van der Waals surface area (Å²) in [5.41, 5.74) is 8.03. The Bertz CT molecular complexity index is 804. The summed E-state index contributed by atoms with van der Waals surface area (Å²) in [4.78, 5) is 15.6. The van der Waals surface area contributed by atoms with E-state index >= 15 is 0 Å². The van der Waals surface area contributed by atoms with E-state index in [0.29, 0.717) is 26.9 Å². The fourth-order valence-corrected chi connectivity index (χ4v) is 2.60. The van der Waals surface area contributed by atoms with Crippen LogP contribution in [0.1, 0.15) is 15.9 Å². The van der Waals surface area contributed by atoms with Crippen molar-refractivity contribution in [1.82, 2.24) is 4.98 Å². The van der Waals surface area contributed by atoms with Gasteiger partial charge in [-0.2, -0.15) is 0 Å². The number of benzene rings is 2. The number of nitrogen functional groups attached to an aromatic ring is 1. The summed E-state index contributed by atoms with van der Waals surface area (Å²) >= 11 is 11.9. The van der Waals surface area contributed by atoms with Gasteiger partial charge in [-0.15, -0.1) is 0 Å². The van der Waals surface area contributed by atoms with E-state index in [1.807, 2.05) is 6.07 Å². The maximum atomic E-state index is 12.5. The molecule has 1 aromatic heterocycles. The van der Waals surface area contributed by atoms with Crippen LogP contribution < -0.4 is 5.73 Å². The highest BCUT2D eigenvalue weighted by molar-refractivity contribution is 6.32. The van der Waals surface area contributed by atoms with Gasteiger partial charge in [0.15, 0.2) is 5.78 Å². The van der Waals surface area contributed by atoms with Gasteiger partial charge in [0, 0.05) is 44.0 Å². The molecule has 5 heteroatoms. The van der Waals surface area contributed by atoms with Crippen molar-refractivity contribution in [2.45, 2.75) is 0 Å². The van der Waals surface area contributed by atoms with Gasteiger partial charge in [0.1, 0.15) is 0 Å². The molecular formula is C15H10Cl2N2O. The molecule has 0 spiro atoms. The number of H-pyrrole nitrogens is 1. The van der Waals surface area contributed by atoms with Crippen molar-refractivity contribution in [2.75, 3.05) is 5.73 Å². The van der Waals surface area contributed by atoms with Crippen LogP contribution in [0.15, 0.2) is 42.6 Å². The first kappa shape index (κ1) is 13.0. The van der Waals surface area contributed by atoms with Gasteiger partial charge < -0.3 is 10.7 Å². The minimum atomic E-state index is -0.132. The molecule has 0 amide bonds. The van der Waals surface area contributed by atoms with Crippen LogP contribution in [0, 0.1) is 0 Å². The smallest absolute Gasteiger partial charge is 0.195 e. The second-order valence-corrected chi connectivity index (χ2v) is 5.37. The van der Waals surface area contributed by atoms with E-state index in [1.165, 1.54) is 0 Å². The zero-order chi connectivity index (χ0) is 14.3. The Morgan fingerprint density at radius 1 is 1.05 bits per heavy atom. The van der Waals surface area contributed by atoms with E-state index in [-0.39, 0.29) is 5.78 Å². The molecular weight excluding hydrogens is 295 g/mol. The first-order valence-electron chi connectivity index (χ1n) is 5.92. The van der Waals surface area contributed by atoms with Gasteiger partial charge in [-0.25, -0.2) is 0 Å². The van der Waals surface area contributed by atoms with E-state index in [2.05, 4.69) is 4.98 Å². The van der Waals surface area contributed by atoms with Crippen LogP contribution in [-0.2, 0) is 0 Å². The minimum Gasteiger partial charge on any atom is -0.399 e. The number of aromatic amines is 1. The molecule has 0 aliphatic heterocycles. The van der Waals surface area contributed by atoms with Crippen LogP contribution >= 0.6 is 23.2 Å². The number of aromatic nitrogens is 1. The number of carbonyl (C=O) groups excluding carboxylic acids is 1. The molecule has 0 unspecified atom stereocenters. The number of nitrogens with one attached hydrogen (secondary N) is 1. The molecule has 0 aliphatic rings. The lowest BCUT2D eigenvalue weighted by Gasteiger charge is -2.03. The molecule has 0 saturated heterocycles. The second kappa shape index (κ2) is 4.85. The summed E-state index contributed by atoms with van der Waals surface area (Å²) in [7, 11) is 0. The molecule has 2 aromatic carbocycles. The molecule has 0 bridgehead atoms. The van der Waals surface area contributed by atoms with Gasteiger partial charge in [0.25, 0.3) is 0 Å². The topological polar surface area (TPSA) is 58.9 Å². The number of halogens is 2. The van der Waals surface area contributed by atoms with Crippen LogP contribution in [0.5, 0.6) is 0 Å². The third-order valence-corrected chi connectivity index (χ3v) is 3.52. The maximum Gasteiger partial charge on any atom is 0.195 e. The largest absolute Gasteiger partial charge is 0.399 e. The Balaban J connectivity index is 2.12. The van der Waals surface area contributed by atoms with Gasteiger partial charge in [0.2, 0.25) is 0 Å². The Morgan fingerprint density at radius 3 is 2.60 bits per heavy atom. The Kier molecular flexibility index (Phi) is 3.16. The summed E-state index contributed by atoms with van der Waals surface area (Å²) in [5, 5.41) is 1.87. The van der Waals surface area contributed by atoms with Crippen molar-refractivity contribution in [3.8, 4) is 0 Å². The van der Waals surface area contributed by atoms with E-state index in [1.54, 1.807) is 36.5 Å². The SMILES string of the molecule is Nc1cc(Cl)cc(C(=O)c2c[nH]c3cc(Cl)ccc23)c1. The van der Waals surface area contributed by atoms with Crippen LogP contribution in [0.4, 0.5) is 5.69 Å². The molecule has 0 atom stereocenters. The fraction of sp³-hybridized carbons (Fsp3) is 0. The molecule has 3 aromatic rings. The molecule has 0 aliphatic carbocycles. The van der Waals surface area contributed by atoms with E-state index < -0.39 is 0 Å². The Labute approximate surface area is 125 Å². The highest BCUT2D eigenvalue weighted by atomic mass is 35.5. The highest BCUT2D eigenvalue weighted by Gasteiger charge is 2.15. The average molecular weight is 305 g/mol. The third kappa shape index (κ3) is 2.26. The summed E-state index contributed by atoms with van der Waals surface area (Å²) in [5.74, 6) is -0.132. The summed E-state index contributed by atoms with van der Waals surface area (Å²) in [6, 6.07) is 10.2. The third-order valence-electron chi connectivity index (χ3n) is 3.07. The van der Waals surface area contributed by atoms with Crippen LogP contribution in [-0.4, -0.2) is 10.8 Å². The standard InChI is InChI=1S/C15H10Cl2N2O/c16-9-1-2-12-13(7-19-14(12)6-9)15(20)8-3-10(17)5-11(18)4-8/h1-7,19H,18H2. The second-order valence-electron chi connectivity index (χ2n) is 4.49. The molecule has 3 nitrogen and oxygen atoms in total. The molecule has 3 N–H and O–H groups in total. The summed E-state index contributed by atoms with van der Waals surface area (Å²) < 4.78 is 0. The number of rotatable bonds is 2. The zero-order valence-electron chi connectivity index (χ0n) is 10.3. The zero-order valence-corrected chi connectivity index (χ0v) is 11.8. The molecule has 0 saturated carbocycles.